The van der Waals surface area contributed by atoms with Gasteiger partial charge < -0.3 is 19.5 Å². The van der Waals surface area contributed by atoms with Crippen molar-refractivity contribution in [2.24, 2.45) is 0 Å². The standard InChI is InChI=1S/C20H20N2O4S/c1-24-15-10-17(26-3)16(25-2)9-14(15)11-21-19(23)18-12-22-20(27-18)13-7-5-4-6-8-13/h4-10,12H,11H2,1-3H3,(H,21,23). The number of amides is 1. The highest BCUT2D eigenvalue weighted by Crippen LogP contribution is 2.34. The number of hydrogen-bond acceptors (Lipinski definition) is 6. The summed E-state index contributed by atoms with van der Waals surface area (Å²) in [6.45, 7) is 0.293. The summed E-state index contributed by atoms with van der Waals surface area (Å²) >= 11 is 1.35. The van der Waals surface area contributed by atoms with Crippen molar-refractivity contribution >= 4 is 17.2 Å². The Bertz CT molecular complexity index is 925. The largest absolute Gasteiger partial charge is 0.496 e. The van der Waals surface area contributed by atoms with Crippen LogP contribution in [-0.2, 0) is 6.54 Å². The highest BCUT2D eigenvalue weighted by atomic mass is 32.1. The number of methoxy groups -OCH3 is 3. The molecule has 140 valence electrons. The van der Waals surface area contributed by atoms with Crippen molar-refractivity contribution in [2.75, 3.05) is 21.3 Å². The lowest BCUT2D eigenvalue weighted by molar-refractivity contribution is 0.0954. The van der Waals surface area contributed by atoms with E-state index in [-0.39, 0.29) is 5.91 Å². The van der Waals surface area contributed by atoms with Crippen molar-refractivity contribution in [2.45, 2.75) is 6.54 Å². The number of thiazole rings is 1. The Labute approximate surface area is 161 Å². The summed E-state index contributed by atoms with van der Waals surface area (Å²) < 4.78 is 16.0. The Morgan fingerprint density at radius 3 is 2.33 bits per heavy atom. The van der Waals surface area contributed by atoms with Gasteiger partial charge in [0.25, 0.3) is 5.91 Å². The average molecular weight is 384 g/mol. The number of carbonyl (C=O) groups is 1. The summed E-state index contributed by atoms with van der Waals surface area (Å²) in [4.78, 5) is 17.4. The summed E-state index contributed by atoms with van der Waals surface area (Å²) in [6, 6.07) is 13.3. The van der Waals surface area contributed by atoms with Crippen LogP contribution in [0.1, 0.15) is 15.2 Å². The van der Waals surface area contributed by atoms with E-state index in [1.165, 1.54) is 11.3 Å². The molecule has 0 spiro atoms. The van der Waals surface area contributed by atoms with Gasteiger partial charge in [0.05, 0.1) is 27.5 Å². The zero-order valence-corrected chi connectivity index (χ0v) is 16.1. The van der Waals surface area contributed by atoms with Crippen LogP contribution in [0.25, 0.3) is 10.6 Å². The number of nitrogens with one attached hydrogen (secondary N) is 1. The summed E-state index contributed by atoms with van der Waals surface area (Å²) in [5.74, 6) is 1.57. The van der Waals surface area contributed by atoms with Crippen LogP contribution in [0.15, 0.2) is 48.7 Å². The molecule has 1 aromatic heterocycles. The van der Waals surface area contributed by atoms with Crippen LogP contribution in [0.3, 0.4) is 0 Å². The molecule has 27 heavy (non-hydrogen) atoms. The fourth-order valence-electron chi connectivity index (χ4n) is 2.59. The van der Waals surface area contributed by atoms with E-state index in [0.717, 1.165) is 16.1 Å². The molecule has 3 aromatic rings. The van der Waals surface area contributed by atoms with Gasteiger partial charge in [0.15, 0.2) is 11.5 Å². The van der Waals surface area contributed by atoms with Gasteiger partial charge in [-0.2, -0.15) is 0 Å². The molecule has 0 aliphatic rings. The number of nitrogens with zero attached hydrogens (tertiary/aromatic N) is 1. The van der Waals surface area contributed by atoms with E-state index in [0.29, 0.717) is 28.7 Å². The van der Waals surface area contributed by atoms with Crippen LogP contribution in [0, 0.1) is 0 Å². The van der Waals surface area contributed by atoms with E-state index < -0.39 is 0 Å². The van der Waals surface area contributed by atoms with E-state index >= 15 is 0 Å². The Morgan fingerprint density at radius 2 is 1.67 bits per heavy atom. The highest BCUT2D eigenvalue weighted by molar-refractivity contribution is 7.16. The summed E-state index contributed by atoms with van der Waals surface area (Å²) in [5, 5.41) is 3.71. The van der Waals surface area contributed by atoms with Crippen molar-refractivity contribution in [3.63, 3.8) is 0 Å². The summed E-state index contributed by atoms with van der Waals surface area (Å²) in [6.07, 6.45) is 1.59. The minimum Gasteiger partial charge on any atom is -0.496 e. The molecule has 1 N–H and O–H groups in total. The minimum absolute atomic E-state index is 0.188. The molecular formula is C20H20N2O4S. The van der Waals surface area contributed by atoms with E-state index in [1.807, 2.05) is 30.3 Å². The zero-order chi connectivity index (χ0) is 19.2. The first kappa shape index (κ1) is 18.7. The van der Waals surface area contributed by atoms with Crippen molar-refractivity contribution < 1.29 is 19.0 Å². The monoisotopic (exact) mass is 384 g/mol. The molecule has 0 atom stereocenters. The van der Waals surface area contributed by atoms with E-state index in [9.17, 15) is 4.79 Å². The predicted molar refractivity (Wildman–Crippen MR) is 105 cm³/mol. The van der Waals surface area contributed by atoms with Crippen molar-refractivity contribution in [1.29, 1.82) is 0 Å². The number of rotatable bonds is 7. The molecule has 0 unspecified atom stereocenters. The van der Waals surface area contributed by atoms with Gasteiger partial charge in [-0.15, -0.1) is 11.3 Å². The lowest BCUT2D eigenvalue weighted by Crippen LogP contribution is -2.22. The third-order valence-corrected chi connectivity index (χ3v) is 5.02. The number of hydrogen-bond donors (Lipinski definition) is 1. The smallest absolute Gasteiger partial charge is 0.263 e. The molecule has 0 fully saturated rings. The molecule has 0 aliphatic heterocycles. The predicted octanol–water partition coefficient (Wildman–Crippen LogP) is 3.77. The number of ether oxygens (including phenoxy) is 3. The van der Waals surface area contributed by atoms with E-state index in [1.54, 1.807) is 39.7 Å². The van der Waals surface area contributed by atoms with Crippen molar-refractivity contribution in [3.05, 3.63) is 59.1 Å². The lowest BCUT2D eigenvalue weighted by atomic mass is 10.1. The van der Waals surface area contributed by atoms with E-state index in [4.69, 9.17) is 14.2 Å². The van der Waals surface area contributed by atoms with Gasteiger partial charge in [0, 0.05) is 23.7 Å². The molecule has 0 radical (unpaired) electrons. The fraction of sp³-hybridized carbons (Fsp3) is 0.200. The van der Waals surface area contributed by atoms with Crippen LogP contribution < -0.4 is 19.5 Å². The maximum Gasteiger partial charge on any atom is 0.263 e. The van der Waals surface area contributed by atoms with Crippen molar-refractivity contribution in [3.8, 4) is 27.8 Å². The zero-order valence-electron chi connectivity index (χ0n) is 15.3. The van der Waals surface area contributed by atoms with Gasteiger partial charge in [0.1, 0.15) is 15.6 Å². The second-order valence-electron chi connectivity index (χ2n) is 5.60. The quantitative estimate of drug-likeness (QED) is 0.672. The Hall–Kier alpha value is -3.06. The molecule has 2 aromatic carbocycles. The first-order valence-corrected chi connectivity index (χ1v) is 9.06. The van der Waals surface area contributed by atoms with Gasteiger partial charge in [-0.25, -0.2) is 4.98 Å². The molecule has 7 heteroatoms. The molecule has 0 aliphatic carbocycles. The number of carbonyl (C=O) groups excluding carboxylic acids is 1. The molecule has 3 rings (SSSR count). The summed E-state index contributed by atoms with van der Waals surface area (Å²) in [7, 11) is 4.70. The van der Waals surface area contributed by atoms with Gasteiger partial charge >= 0.3 is 0 Å². The Morgan fingerprint density at radius 1 is 1.00 bits per heavy atom. The third kappa shape index (κ3) is 4.20. The maximum atomic E-state index is 12.5. The second-order valence-corrected chi connectivity index (χ2v) is 6.63. The molecule has 0 saturated heterocycles. The summed E-state index contributed by atoms with van der Waals surface area (Å²) in [5.41, 5.74) is 1.78. The van der Waals surface area contributed by atoms with E-state index in [2.05, 4.69) is 10.3 Å². The van der Waals surface area contributed by atoms with Crippen LogP contribution in [0.5, 0.6) is 17.2 Å². The van der Waals surface area contributed by atoms with Crippen LogP contribution in [-0.4, -0.2) is 32.2 Å². The topological polar surface area (TPSA) is 69.7 Å². The normalized spacial score (nSPS) is 10.3. The molecule has 0 saturated carbocycles. The molecule has 6 nitrogen and oxygen atoms in total. The Balaban J connectivity index is 1.73. The average Bonchev–Trinajstić information content (AvgIpc) is 3.22. The molecule has 0 bridgehead atoms. The van der Waals surface area contributed by atoms with Gasteiger partial charge in [-0.1, -0.05) is 30.3 Å². The number of aromatic nitrogens is 1. The van der Waals surface area contributed by atoms with Gasteiger partial charge in [-0.05, 0) is 6.07 Å². The Kier molecular flexibility index (Phi) is 5.93. The molecule has 1 heterocycles. The highest BCUT2D eigenvalue weighted by Gasteiger charge is 2.15. The maximum absolute atomic E-state index is 12.5. The first-order valence-electron chi connectivity index (χ1n) is 8.24. The van der Waals surface area contributed by atoms with Crippen LogP contribution in [0.2, 0.25) is 0 Å². The van der Waals surface area contributed by atoms with Gasteiger partial charge in [-0.3, -0.25) is 4.79 Å². The van der Waals surface area contributed by atoms with Crippen LogP contribution >= 0.6 is 11.3 Å². The minimum atomic E-state index is -0.188. The fourth-order valence-corrected chi connectivity index (χ4v) is 3.42. The number of benzene rings is 2. The lowest BCUT2D eigenvalue weighted by Gasteiger charge is -2.14. The van der Waals surface area contributed by atoms with Gasteiger partial charge in [0.2, 0.25) is 0 Å². The first-order chi connectivity index (χ1) is 13.2. The SMILES string of the molecule is COc1cc(OC)c(OC)cc1CNC(=O)c1cnc(-c2ccccc2)s1. The third-order valence-electron chi connectivity index (χ3n) is 3.98. The van der Waals surface area contributed by atoms with Crippen molar-refractivity contribution in [1.82, 2.24) is 10.3 Å². The molecular weight excluding hydrogens is 364 g/mol. The molecule has 1 amide bonds. The van der Waals surface area contributed by atoms with Crippen LogP contribution in [0.4, 0.5) is 0 Å². The second kappa shape index (κ2) is 8.55.